The van der Waals surface area contributed by atoms with Gasteiger partial charge in [-0.05, 0) is 43.5 Å². The molecule has 1 heterocycles. The van der Waals surface area contributed by atoms with Gasteiger partial charge in [-0.15, -0.1) is 0 Å². The molecule has 5 nitrogen and oxygen atoms in total. The minimum absolute atomic E-state index is 0.191. The topological polar surface area (TPSA) is 56.8 Å². The lowest BCUT2D eigenvalue weighted by atomic mass is 9.96. The van der Waals surface area contributed by atoms with Gasteiger partial charge in [0.05, 0.1) is 24.8 Å². The lowest BCUT2D eigenvalue weighted by Gasteiger charge is -2.25. The molecule has 0 unspecified atom stereocenters. The first kappa shape index (κ1) is 20.3. The second-order valence-electron chi connectivity index (χ2n) is 6.77. The van der Waals surface area contributed by atoms with Gasteiger partial charge in [0, 0.05) is 18.0 Å². The SMILES string of the molecule is CCCOc1c(Cl)cc(C(=O)NC[C@@H]2COc3ccccc3C2)cc1OCC. The predicted molar refractivity (Wildman–Crippen MR) is 110 cm³/mol. The third-order valence-electron chi connectivity index (χ3n) is 4.53. The molecule has 1 atom stereocenters. The monoisotopic (exact) mass is 403 g/mol. The van der Waals surface area contributed by atoms with Crippen LogP contribution in [0.1, 0.15) is 36.2 Å². The fraction of sp³-hybridized carbons (Fsp3) is 0.409. The van der Waals surface area contributed by atoms with Crippen LogP contribution in [-0.2, 0) is 6.42 Å². The van der Waals surface area contributed by atoms with Crippen molar-refractivity contribution in [2.75, 3.05) is 26.4 Å². The number of carbonyl (C=O) groups is 1. The molecule has 3 rings (SSSR count). The Morgan fingerprint density at radius 3 is 2.86 bits per heavy atom. The number of carbonyl (C=O) groups excluding carboxylic acids is 1. The highest BCUT2D eigenvalue weighted by Crippen LogP contribution is 2.37. The van der Waals surface area contributed by atoms with Crippen LogP contribution in [0.15, 0.2) is 36.4 Å². The zero-order chi connectivity index (χ0) is 19.9. The summed E-state index contributed by atoms with van der Waals surface area (Å²) in [4.78, 5) is 12.7. The smallest absolute Gasteiger partial charge is 0.251 e. The molecule has 150 valence electrons. The van der Waals surface area contributed by atoms with Crippen molar-refractivity contribution in [3.63, 3.8) is 0 Å². The highest BCUT2D eigenvalue weighted by atomic mass is 35.5. The van der Waals surface area contributed by atoms with E-state index in [4.69, 9.17) is 25.8 Å². The average Bonchev–Trinajstić information content (AvgIpc) is 2.71. The van der Waals surface area contributed by atoms with Crippen molar-refractivity contribution in [3.05, 3.63) is 52.5 Å². The lowest BCUT2D eigenvalue weighted by Crippen LogP contribution is -2.34. The first-order chi connectivity index (χ1) is 13.6. The van der Waals surface area contributed by atoms with Crippen molar-refractivity contribution in [1.29, 1.82) is 0 Å². The maximum Gasteiger partial charge on any atom is 0.251 e. The van der Waals surface area contributed by atoms with Gasteiger partial charge in [0.15, 0.2) is 11.5 Å². The number of hydrogen-bond donors (Lipinski definition) is 1. The second-order valence-corrected chi connectivity index (χ2v) is 7.17. The van der Waals surface area contributed by atoms with E-state index < -0.39 is 0 Å². The van der Waals surface area contributed by atoms with Crippen molar-refractivity contribution in [2.45, 2.75) is 26.7 Å². The standard InChI is InChI=1S/C22H26ClNO4/c1-3-9-27-21-18(23)11-17(12-20(21)26-4-2)22(25)24-13-15-10-16-7-5-6-8-19(16)28-14-15/h5-8,11-12,15H,3-4,9-10,13-14H2,1-2H3,(H,24,25)/t15-/m1/s1. The van der Waals surface area contributed by atoms with E-state index in [0.717, 1.165) is 18.6 Å². The first-order valence-electron chi connectivity index (χ1n) is 9.70. The van der Waals surface area contributed by atoms with Crippen molar-refractivity contribution in [1.82, 2.24) is 5.32 Å². The molecule has 1 N–H and O–H groups in total. The van der Waals surface area contributed by atoms with Gasteiger partial charge in [-0.3, -0.25) is 4.79 Å². The molecule has 0 bridgehead atoms. The summed E-state index contributed by atoms with van der Waals surface area (Å²) in [6.07, 6.45) is 1.74. The van der Waals surface area contributed by atoms with Gasteiger partial charge in [-0.1, -0.05) is 36.7 Å². The normalized spacial score (nSPS) is 15.3. The molecule has 2 aromatic carbocycles. The molecule has 0 fully saturated rings. The van der Waals surface area contributed by atoms with Crippen LogP contribution < -0.4 is 19.5 Å². The number of rotatable bonds is 8. The van der Waals surface area contributed by atoms with Crippen LogP contribution in [-0.4, -0.2) is 32.3 Å². The number of benzene rings is 2. The highest BCUT2D eigenvalue weighted by molar-refractivity contribution is 6.32. The van der Waals surface area contributed by atoms with E-state index >= 15 is 0 Å². The molecule has 1 aliphatic heterocycles. The number of hydrogen-bond acceptors (Lipinski definition) is 4. The Morgan fingerprint density at radius 2 is 2.07 bits per heavy atom. The zero-order valence-corrected chi connectivity index (χ0v) is 17.1. The fourth-order valence-corrected chi connectivity index (χ4v) is 3.43. The van der Waals surface area contributed by atoms with Gasteiger partial charge in [0.2, 0.25) is 0 Å². The largest absolute Gasteiger partial charge is 0.493 e. The van der Waals surface area contributed by atoms with Gasteiger partial charge in [0.1, 0.15) is 5.75 Å². The van der Waals surface area contributed by atoms with Crippen LogP contribution in [0, 0.1) is 5.92 Å². The summed E-state index contributed by atoms with van der Waals surface area (Å²) in [5.74, 6) is 1.94. The summed E-state index contributed by atoms with van der Waals surface area (Å²) >= 11 is 6.35. The van der Waals surface area contributed by atoms with Gasteiger partial charge >= 0.3 is 0 Å². The Labute approximate surface area is 170 Å². The van der Waals surface area contributed by atoms with E-state index in [1.54, 1.807) is 12.1 Å². The molecule has 0 spiro atoms. The Hall–Kier alpha value is -2.40. The lowest BCUT2D eigenvalue weighted by molar-refractivity contribution is 0.0938. The number of nitrogens with one attached hydrogen (secondary N) is 1. The van der Waals surface area contributed by atoms with Crippen LogP contribution in [0.25, 0.3) is 0 Å². The molecule has 28 heavy (non-hydrogen) atoms. The summed E-state index contributed by atoms with van der Waals surface area (Å²) in [7, 11) is 0. The van der Waals surface area contributed by atoms with Crippen molar-refractivity contribution >= 4 is 17.5 Å². The number of fused-ring (bicyclic) bond motifs is 1. The molecular weight excluding hydrogens is 378 g/mol. The Balaban J connectivity index is 1.65. The molecule has 0 saturated heterocycles. The molecule has 6 heteroatoms. The van der Waals surface area contributed by atoms with E-state index in [0.29, 0.717) is 48.5 Å². The van der Waals surface area contributed by atoms with Gasteiger partial charge < -0.3 is 19.5 Å². The van der Waals surface area contributed by atoms with Crippen molar-refractivity contribution in [3.8, 4) is 17.2 Å². The summed E-state index contributed by atoms with van der Waals surface area (Å²) in [6, 6.07) is 11.3. The molecule has 0 aromatic heterocycles. The maximum absolute atomic E-state index is 12.7. The summed E-state index contributed by atoms with van der Waals surface area (Å²) in [5, 5.41) is 3.36. The molecule has 0 aliphatic carbocycles. The van der Waals surface area contributed by atoms with Gasteiger partial charge in [-0.25, -0.2) is 0 Å². The average molecular weight is 404 g/mol. The first-order valence-corrected chi connectivity index (χ1v) is 10.1. The minimum atomic E-state index is -0.191. The van der Waals surface area contributed by atoms with Crippen LogP contribution >= 0.6 is 11.6 Å². The van der Waals surface area contributed by atoms with Crippen LogP contribution in [0.4, 0.5) is 0 Å². The minimum Gasteiger partial charge on any atom is -0.493 e. The fourth-order valence-electron chi connectivity index (χ4n) is 3.17. The number of amides is 1. The maximum atomic E-state index is 12.7. The summed E-state index contributed by atoms with van der Waals surface area (Å²) in [5.41, 5.74) is 1.63. The van der Waals surface area contributed by atoms with Crippen LogP contribution in [0.2, 0.25) is 5.02 Å². The summed E-state index contributed by atoms with van der Waals surface area (Å²) < 4.78 is 17.1. The Kier molecular flexibility index (Phi) is 7.04. The van der Waals surface area contributed by atoms with E-state index in [-0.39, 0.29) is 11.8 Å². The van der Waals surface area contributed by atoms with Crippen molar-refractivity contribution < 1.29 is 19.0 Å². The number of ether oxygens (including phenoxy) is 3. The van der Waals surface area contributed by atoms with E-state index in [1.807, 2.05) is 32.0 Å². The molecule has 1 amide bonds. The quantitative estimate of drug-likeness (QED) is 0.704. The molecule has 0 radical (unpaired) electrons. The second kappa shape index (κ2) is 9.69. The van der Waals surface area contributed by atoms with E-state index in [9.17, 15) is 4.79 Å². The number of halogens is 1. The van der Waals surface area contributed by atoms with E-state index in [2.05, 4.69) is 11.4 Å². The van der Waals surface area contributed by atoms with Crippen LogP contribution in [0.3, 0.4) is 0 Å². The van der Waals surface area contributed by atoms with Crippen LogP contribution in [0.5, 0.6) is 17.2 Å². The highest BCUT2D eigenvalue weighted by Gasteiger charge is 2.21. The summed E-state index contributed by atoms with van der Waals surface area (Å²) in [6.45, 7) is 6.01. The zero-order valence-electron chi connectivity index (χ0n) is 16.3. The molecular formula is C22H26ClNO4. The van der Waals surface area contributed by atoms with Gasteiger partial charge in [0.25, 0.3) is 5.91 Å². The van der Waals surface area contributed by atoms with Crippen molar-refractivity contribution in [2.24, 2.45) is 5.92 Å². The third-order valence-corrected chi connectivity index (χ3v) is 4.81. The van der Waals surface area contributed by atoms with Gasteiger partial charge in [-0.2, -0.15) is 0 Å². The molecule has 0 saturated carbocycles. The third kappa shape index (κ3) is 4.90. The Morgan fingerprint density at radius 1 is 1.25 bits per heavy atom. The number of para-hydroxylation sites is 1. The molecule has 2 aromatic rings. The molecule has 1 aliphatic rings. The Bertz CT molecular complexity index is 824. The van der Waals surface area contributed by atoms with E-state index in [1.165, 1.54) is 5.56 Å². The predicted octanol–water partition coefficient (Wildman–Crippen LogP) is 4.51.